The van der Waals surface area contributed by atoms with Gasteiger partial charge in [-0.05, 0) is 24.6 Å². The first kappa shape index (κ1) is 14.3. The van der Waals surface area contributed by atoms with E-state index in [4.69, 9.17) is 11.6 Å². The van der Waals surface area contributed by atoms with Crippen LogP contribution in [0.25, 0.3) is 0 Å². The van der Waals surface area contributed by atoms with E-state index in [1.54, 1.807) is 0 Å². The predicted octanol–water partition coefficient (Wildman–Crippen LogP) is 3.54. The first-order chi connectivity index (χ1) is 8.10. The van der Waals surface area contributed by atoms with Crippen molar-refractivity contribution in [3.63, 3.8) is 0 Å². The minimum absolute atomic E-state index is 0.679. The molecule has 0 spiro atoms. The van der Waals surface area contributed by atoms with E-state index in [-0.39, 0.29) is 0 Å². The summed E-state index contributed by atoms with van der Waals surface area (Å²) in [6, 6.07) is 6.10. The first-order valence-electron chi connectivity index (χ1n) is 6.23. The van der Waals surface area contributed by atoms with E-state index in [2.05, 4.69) is 37.2 Å². The van der Waals surface area contributed by atoms with Crippen molar-refractivity contribution >= 4 is 17.3 Å². The Morgan fingerprint density at radius 1 is 1.41 bits per heavy atom. The Bertz CT molecular complexity index is 352. The molecule has 0 radical (unpaired) electrons. The van der Waals surface area contributed by atoms with Gasteiger partial charge in [-0.1, -0.05) is 44.0 Å². The van der Waals surface area contributed by atoms with Gasteiger partial charge in [-0.2, -0.15) is 0 Å². The molecule has 1 unspecified atom stereocenters. The molecule has 3 heteroatoms. The smallest absolute Gasteiger partial charge is 0.0642 e. The number of para-hydroxylation sites is 1. The zero-order valence-electron chi connectivity index (χ0n) is 11.3. The van der Waals surface area contributed by atoms with Crippen molar-refractivity contribution in [3.05, 3.63) is 28.8 Å². The minimum atomic E-state index is 0.679. The molecule has 96 valence electrons. The zero-order valence-corrected chi connectivity index (χ0v) is 12.0. The van der Waals surface area contributed by atoms with Crippen LogP contribution in [0.15, 0.2) is 18.2 Å². The fourth-order valence-corrected chi connectivity index (χ4v) is 2.35. The zero-order chi connectivity index (χ0) is 12.8. The molecule has 0 amide bonds. The largest absolute Gasteiger partial charge is 0.373 e. The average molecular weight is 255 g/mol. The van der Waals surface area contributed by atoms with E-state index in [9.17, 15) is 0 Å². The summed E-state index contributed by atoms with van der Waals surface area (Å²) in [7, 11) is 4.08. The quantitative estimate of drug-likeness (QED) is 0.835. The summed E-state index contributed by atoms with van der Waals surface area (Å²) in [6.07, 6.45) is 1.19. The molecule has 0 fully saturated rings. The lowest BCUT2D eigenvalue weighted by Crippen LogP contribution is -2.25. The van der Waals surface area contributed by atoms with Crippen LogP contribution < -0.4 is 10.2 Å². The third kappa shape index (κ3) is 3.90. The number of hydrogen-bond acceptors (Lipinski definition) is 2. The molecule has 0 heterocycles. The Morgan fingerprint density at radius 3 is 2.71 bits per heavy atom. The number of hydrogen-bond donors (Lipinski definition) is 1. The Labute approximate surface area is 110 Å². The van der Waals surface area contributed by atoms with Crippen molar-refractivity contribution in [2.45, 2.75) is 26.8 Å². The predicted molar refractivity (Wildman–Crippen MR) is 76.9 cm³/mol. The molecule has 0 saturated carbocycles. The minimum Gasteiger partial charge on any atom is -0.373 e. The number of benzene rings is 1. The highest BCUT2D eigenvalue weighted by molar-refractivity contribution is 6.33. The summed E-state index contributed by atoms with van der Waals surface area (Å²) >= 11 is 6.32. The molecular formula is C14H23ClN2. The molecule has 1 aromatic carbocycles. The van der Waals surface area contributed by atoms with Crippen LogP contribution in [-0.4, -0.2) is 20.6 Å². The van der Waals surface area contributed by atoms with Crippen molar-refractivity contribution < 1.29 is 0 Å². The van der Waals surface area contributed by atoms with Gasteiger partial charge in [0.05, 0.1) is 10.7 Å². The summed E-state index contributed by atoms with van der Waals surface area (Å²) in [4.78, 5) is 2.27. The van der Waals surface area contributed by atoms with Gasteiger partial charge in [0.2, 0.25) is 0 Å². The summed E-state index contributed by atoms with van der Waals surface area (Å²) in [5.41, 5.74) is 2.41. The van der Waals surface area contributed by atoms with Gasteiger partial charge in [0.15, 0.2) is 0 Å². The van der Waals surface area contributed by atoms with Crippen LogP contribution in [0.2, 0.25) is 5.02 Å². The van der Waals surface area contributed by atoms with Gasteiger partial charge in [-0.25, -0.2) is 0 Å². The summed E-state index contributed by atoms with van der Waals surface area (Å²) in [6.45, 7) is 6.38. The lowest BCUT2D eigenvalue weighted by Gasteiger charge is -2.26. The van der Waals surface area contributed by atoms with Crippen LogP contribution in [0.5, 0.6) is 0 Å². The van der Waals surface area contributed by atoms with E-state index < -0.39 is 0 Å². The number of rotatable bonds is 6. The molecule has 0 aliphatic carbocycles. The van der Waals surface area contributed by atoms with Crippen LogP contribution in [0.4, 0.5) is 5.69 Å². The molecule has 0 bridgehead atoms. The maximum Gasteiger partial charge on any atom is 0.0642 e. The van der Waals surface area contributed by atoms with Gasteiger partial charge < -0.3 is 10.2 Å². The summed E-state index contributed by atoms with van der Waals surface area (Å²) in [5, 5.41) is 4.03. The normalized spacial score (nSPS) is 12.5. The van der Waals surface area contributed by atoms with Crippen LogP contribution in [-0.2, 0) is 6.54 Å². The molecular weight excluding hydrogens is 232 g/mol. The SMILES string of the molecule is CCC(C)CN(C)c1c(Cl)cccc1CNC. The Kier molecular flexibility index (Phi) is 5.79. The molecule has 0 aliphatic rings. The Morgan fingerprint density at radius 2 is 2.12 bits per heavy atom. The number of nitrogens with zero attached hydrogens (tertiary/aromatic N) is 1. The van der Waals surface area contributed by atoms with Crippen molar-refractivity contribution in [2.24, 2.45) is 5.92 Å². The molecule has 1 N–H and O–H groups in total. The first-order valence-corrected chi connectivity index (χ1v) is 6.61. The highest BCUT2D eigenvalue weighted by atomic mass is 35.5. The Hall–Kier alpha value is -0.730. The topological polar surface area (TPSA) is 15.3 Å². The second kappa shape index (κ2) is 6.87. The molecule has 17 heavy (non-hydrogen) atoms. The van der Waals surface area contributed by atoms with Crippen molar-refractivity contribution in [3.8, 4) is 0 Å². The van der Waals surface area contributed by atoms with E-state index in [0.717, 1.165) is 23.8 Å². The Balaban J connectivity index is 2.93. The third-order valence-corrected chi connectivity index (χ3v) is 3.41. The van der Waals surface area contributed by atoms with Crippen molar-refractivity contribution in [1.82, 2.24) is 5.32 Å². The third-order valence-electron chi connectivity index (χ3n) is 3.10. The summed E-state index contributed by atoms with van der Waals surface area (Å²) in [5.74, 6) is 0.679. The number of halogens is 1. The molecule has 1 atom stereocenters. The van der Waals surface area contributed by atoms with Crippen molar-refractivity contribution in [1.29, 1.82) is 0 Å². The van der Waals surface area contributed by atoms with Crippen LogP contribution in [0.3, 0.4) is 0 Å². The lowest BCUT2D eigenvalue weighted by atomic mass is 10.1. The van der Waals surface area contributed by atoms with Gasteiger partial charge >= 0.3 is 0 Å². The second-order valence-electron chi connectivity index (χ2n) is 4.67. The van der Waals surface area contributed by atoms with Gasteiger partial charge in [-0.15, -0.1) is 0 Å². The number of anilines is 1. The molecule has 1 rings (SSSR count). The monoisotopic (exact) mass is 254 g/mol. The van der Waals surface area contributed by atoms with E-state index in [1.165, 1.54) is 12.0 Å². The molecule has 0 aliphatic heterocycles. The highest BCUT2D eigenvalue weighted by Crippen LogP contribution is 2.29. The van der Waals surface area contributed by atoms with Gasteiger partial charge in [0.25, 0.3) is 0 Å². The van der Waals surface area contributed by atoms with Crippen molar-refractivity contribution in [2.75, 3.05) is 25.5 Å². The molecule has 0 aromatic heterocycles. The number of nitrogens with one attached hydrogen (secondary N) is 1. The second-order valence-corrected chi connectivity index (χ2v) is 5.08. The van der Waals surface area contributed by atoms with E-state index in [0.29, 0.717) is 5.92 Å². The van der Waals surface area contributed by atoms with Crippen LogP contribution in [0.1, 0.15) is 25.8 Å². The summed E-state index contributed by atoms with van der Waals surface area (Å²) < 4.78 is 0. The molecule has 1 aromatic rings. The maximum atomic E-state index is 6.32. The van der Waals surface area contributed by atoms with Gasteiger partial charge in [0, 0.05) is 20.1 Å². The fraction of sp³-hybridized carbons (Fsp3) is 0.571. The fourth-order valence-electron chi connectivity index (χ4n) is 2.01. The average Bonchev–Trinajstić information content (AvgIpc) is 2.29. The standard InChI is InChI=1S/C14H23ClN2/c1-5-11(2)10-17(4)14-12(9-16-3)7-6-8-13(14)15/h6-8,11,16H,5,9-10H2,1-4H3. The lowest BCUT2D eigenvalue weighted by molar-refractivity contribution is 0.559. The molecule has 0 saturated heterocycles. The van der Waals surface area contributed by atoms with E-state index in [1.807, 2.05) is 19.2 Å². The van der Waals surface area contributed by atoms with Gasteiger partial charge in [-0.3, -0.25) is 0 Å². The van der Waals surface area contributed by atoms with E-state index >= 15 is 0 Å². The van der Waals surface area contributed by atoms with Crippen LogP contribution >= 0.6 is 11.6 Å². The highest BCUT2D eigenvalue weighted by Gasteiger charge is 2.13. The molecule has 2 nitrogen and oxygen atoms in total. The van der Waals surface area contributed by atoms with Gasteiger partial charge in [0.1, 0.15) is 0 Å². The van der Waals surface area contributed by atoms with Crippen LogP contribution in [0, 0.1) is 5.92 Å². The maximum absolute atomic E-state index is 6.32.